The molecule has 0 aliphatic carbocycles. The molecule has 0 aromatic carbocycles. The van der Waals surface area contributed by atoms with Gasteiger partial charge in [-0.05, 0) is 12.8 Å². The van der Waals surface area contributed by atoms with E-state index in [1.165, 1.54) is 103 Å². The van der Waals surface area contributed by atoms with Crippen LogP contribution >= 0.6 is 11.8 Å². The Morgan fingerprint density at radius 3 is 1.86 bits per heavy atom. The summed E-state index contributed by atoms with van der Waals surface area (Å²) in [5.74, 6) is 1.16. The first-order valence-electron chi connectivity index (χ1n) is 12.7. The fourth-order valence-electron chi connectivity index (χ4n) is 4.41. The highest BCUT2D eigenvalue weighted by Gasteiger charge is 2.27. The second-order valence-electron chi connectivity index (χ2n) is 9.23. The highest BCUT2D eigenvalue weighted by atomic mass is 32.2. The normalized spacial score (nSPS) is 21.6. The SMILES string of the molecule is CCCCCCCCCCCCCCCCCC1OC(CN2C=CN(C)C2)CS1. The molecule has 29 heavy (non-hydrogen) atoms. The second kappa shape index (κ2) is 16.4. The van der Waals surface area contributed by atoms with Gasteiger partial charge in [0.25, 0.3) is 0 Å². The van der Waals surface area contributed by atoms with Gasteiger partial charge in [0, 0.05) is 31.7 Å². The summed E-state index contributed by atoms with van der Waals surface area (Å²) in [5, 5.41) is 0. The molecule has 2 atom stereocenters. The lowest BCUT2D eigenvalue weighted by Gasteiger charge is -2.21. The average molecular weight is 425 g/mol. The predicted molar refractivity (Wildman–Crippen MR) is 129 cm³/mol. The van der Waals surface area contributed by atoms with Gasteiger partial charge < -0.3 is 14.5 Å². The summed E-state index contributed by atoms with van der Waals surface area (Å²) in [6.07, 6.45) is 27.5. The van der Waals surface area contributed by atoms with Crippen LogP contribution in [0.15, 0.2) is 12.4 Å². The summed E-state index contributed by atoms with van der Waals surface area (Å²) in [7, 11) is 2.13. The molecule has 0 N–H and O–H groups in total. The summed E-state index contributed by atoms with van der Waals surface area (Å²) in [6.45, 7) is 4.35. The van der Waals surface area contributed by atoms with Crippen molar-refractivity contribution in [2.45, 2.75) is 121 Å². The fraction of sp³-hybridized carbons (Fsp3) is 0.920. The highest BCUT2D eigenvalue weighted by Crippen LogP contribution is 2.30. The van der Waals surface area contributed by atoms with Crippen LogP contribution < -0.4 is 0 Å². The summed E-state index contributed by atoms with van der Waals surface area (Å²) in [6, 6.07) is 0. The molecule has 0 spiro atoms. The minimum Gasteiger partial charge on any atom is -0.362 e. The van der Waals surface area contributed by atoms with Crippen molar-refractivity contribution in [3.05, 3.63) is 12.4 Å². The molecular formula is C25H48N2OS. The van der Waals surface area contributed by atoms with E-state index in [1.54, 1.807) is 0 Å². The third-order valence-electron chi connectivity index (χ3n) is 6.23. The van der Waals surface area contributed by atoms with Crippen molar-refractivity contribution in [1.29, 1.82) is 0 Å². The van der Waals surface area contributed by atoms with E-state index in [0.29, 0.717) is 11.5 Å². The Morgan fingerprint density at radius 2 is 1.34 bits per heavy atom. The lowest BCUT2D eigenvalue weighted by Crippen LogP contribution is -2.31. The summed E-state index contributed by atoms with van der Waals surface area (Å²) < 4.78 is 6.25. The lowest BCUT2D eigenvalue weighted by molar-refractivity contribution is 0.0421. The van der Waals surface area contributed by atoms with Gasteiger partial charge in [-0.3, -0.25) is 0 Å². The molecule has 2 aliphatic heterocycles. The quantitative estimate of drug-likeness (QED) is 0.213. The Balaban J connectivity index is 1.29. The van der Waals surface area contributed by atoms with Gasteiger partial charge in [0.2, 0.25) is 0 Å². The molecule has 0 radical (unpaired) electrons. The van der Waals surface area contributed by atoms with Gasteiger partial charge in [0.15, 0.2) is 0 Å². The van der Waals surface area contributed by atoms with Gasteiger partial charge in [-0.1, -0.05) is 96.8 Å². The van der Waals surface area contributed by atoms with Gasteiger partial charge >= 0.3 is 0 Å². The molecule has 0 amide bonds. The second-order valence-corrected chi connectivity index (χ2v) is 10.4. The molecule has 3 nitrogen and oxygen atoms in total. The van der Waals surface area contributed by atoms with Crippen molar-refractivity contribution in [2.75, 3.05) is 26.0 Å². The zero-order valence-corrected chi connectivity index (χ0v) is 20.3. The standard InChI is InChI=1S/C25H48N2OS/c1-3-4-5-6-7-8-9-10-11-12-13-14-15-16-17-18-25-28-24(22-29-25)21-27-20-19-26(2)23-27/h19-20,24-25H,3-18,21-23H2,1-2H3. The van der Waals surface area contributed by atoms with Crippen molar-refractivity contribution in [3.8, 4) is 0 Å². The molecule has 0 bridgehead atoms. The van der Waals surface area contributed by atoms with Crippen molar-refractivity contribution in [2.24, 2.45) is 0 Å². The lowest BCUT2D eigenvalue weighted by atomic mass is 10.0. The number of unbranched alkanes of at least 4 members (excludes halogenated alkanes) is 14. The topological polar surface area (TPSA) is 15.7 Å². The first-order chi connectivity index (χ1) is 14.3. The maximum Gasteiger partial charge on any atom is 0.103 e. The number of hydrogen-bond donors (Lipinski definition) is 0. The fourth-order valence-corrected chi connectivity index (χ4v) is 5.59. The molecule has 2 heterocycles. The summed E-state index contributed by atoms with van der Waals surface area (Å²) in [5.41, 5.74) is 0.450. The third-order valence-corrected chi connectivity index (χ3v) is 7.51. The molecule has 0 saturated carbocycles. The number of hydrogen-bond acceptors (Lipinski definition) is 4. The molecule has 4 heteroatoms. The van der Waals surface area contributed by atoms with Crippen molar-refractivity contribution in [1.82, 2.24) is 9.80 Å². The predicted octanol–water partition coefficient (Wildman–Crippen LogP) is 7.38. The van der Waals surface area contributed by atoms with Crippen LogP contribution in [-0.2, 0) is 4.74 Å². The molecule has 1 fully saturated rings. The first-order valence-corrected chi connectivity index (χ1v) is 13.7. The Hall–Kier alpha value is -0.350. The van der Waals surface area contributed by atoms with Gasteiger partial charge in [0.1, 0.15) is 5.44 Å². The molecule has 1 saturated heterocycles. The van der Waals surface area contributed by atoms with Crippen LogP contribution in [0.5, 0.6) is 0 Å². The Kier molecular flexibility index (Phi) is 14.1. The van der Waals surface area contributed by atoms with Crippen LogP contribution in [0.2, 0.25) is 0 Å². The van der Waals surface area contributed by atoms with Crippen molar-refractivity contribution in [3.63, 3.8) is 0 Å². The minimum atomic E-state index is 0.414. The zero-order chi connectivity index (χ0) is 20.6. The Bertz CT molecular complexity index is 418. The molecule has 2 rings (SSSR count). The van der Waals surface area contributed by atoms with E-state index in [0.717, 1.165) is 19.0 Å². The van der Waals surface area contributed by atoms with Crippen molar-refractivity contribution < 1.29 is 4.74 Å². The minimum absolute atomic E-state index is 0.414. The third kappa shape index (κ3) is 12.2. The van der Waals surface area contributed by atoms with Crippen LogP contribution in [-0.4, -0.2) is 47.4 Å². The van der Waals surface area contributed by atoms with Gasteiger partial charge in [0.05, 0.1) is 12.8 Å². The average Bonchev–Trinajstić information content (AvgIpc) is 3.33. The molecular weight excluding hydrogens is 376 g/mol. The molecule has 2 aliphatic rings. The van der Waals surface area contributed by atoms with Crippen LogP contribution in [0.25, 0.3) is 0 Å². The molecule has 0 aromatic heterocycles. The van der Waals surface area contributed by atoms with E-state index in [9.17, 15) is 0 Å². The zero-order valence-electron chi connectivity index (χ0n) is 19.5. The van der Waals surface area contributed by atoms with Crippen molar-refractivity contribution >= 4 is 11.8 Å². The summed E-state index contributed by atoms with van der Waals surface area (Å²) in [4.78, 5) is 4.58. The van der Waals surface area contributed by atoms with Gasteiger partial charge in [-0.2, -0.15) is 0 Å². The largest absolute Gasteiger partial charge is 0.362 e. The van der Waals surface area contributed by atoms with E-state index >= 15 is 0 Å². The highest BCUT2D eigenvalue weighted by molar-refractivity contribution is 8.00. The number of nitrogens with zero attached hydrogens (tertiary/aromatic N) is 2. The maximum atomic E-state index is 6.25. The van der Waals surface area contributed by atoms with Gasteiger partial charge in [-0.25, -0.2) is 0 Å². The monoisotopic (exact) mass is 424 g/mol. The number of ether oxygens (including phenoxy) is 1. The Labute approximate surface area is 186 Å². The van der Waals surface area contributed by atoms with Crippen LogP contribution in [0, 0.1) is 0 Å². The van der Waals surface area contributed by atoms with E-state index in [4.69, 9.17) is 4.74 Å². The van der Waals surface area contributed by atoms with Crippen LogP contribution in [0.3, 0.4) is 0 Å². The number of rotatable bonds is 18. The molecule has 2 unspecified atom stereocenters. The first kappa shape index (κ1) is 24.9. The molecule has 0 aromatic rings. The van der Waals surface area contributed by atoms with E-state index in [1.807, 2.05) is 11.8 Å². The maximum absolute atomic E-state index is 6.25. The van der Waals surface area contributed by atoms with E-state index in [-0.39, 0.29) is 0 Å². The molecule has 170 valence electrons. The summed E-state index contributed by atoms with van der Waals surface area (Å²) >= 11 is 2.03. The van der Waals surface area contributed by atoms with E-state index < -0.39 is 0 Å². The van der Waals surface area contributed by atoms with Crippen LogP contribution in [0.4, 0.5) is 0 Å². The van der Waals surface area contributed by atoms with E-state index in [2.05, 4.69) is 36.2 Å². The van der Waals surface area contributed by atoms with Crippen LogP contribution in [0.1, 0.15) is 110 Å². The van der Waals surface area contributed by atoms with Gasteiger partial charge in [-0.15, -0.1) is 11.8 Å². The smallest absolute Gasteiger partial charge is 0.103 e. The number of thioether (sulfide) groups is 1. The Morgan fingerprint density at radius 1 is 0.793 bits per heavy atom.